The van der Waals surface area contributed by atoms with Crippen molar-refractivity contribution in [3.05, 3.63) is 0 Å². The number of carbonyl (C=O) groups excluding carboxylic acids is 2. The Balaban J connectivity index is 1.96. The molecule has 5 nitrogen and oxygen atoms in total. The Hall–Kier alpha value is -1.10. The molecule has 0 spiro atoms. The van der Waals surface area contributed by atoms with E-state index in [4.69, 9.17) is 0 Å². The summed E-state index contributed by atoms with van der Waals surface area (Å²) in [5.41, 5.74) is 0. The molecular formula is C15H29N3O2. The van der Waals surface area contributed by atoms with Crippen LogP contribution in [0.5, 0.6) is 0 Å². The van der Waals surface area contributed by atoms with Crippen LogP contribution in [-0.4, -0.2) is 37.0 Å². The SMILES string of the molecule is CCCCCNC(=O)C(C)NCCCC(=O)NC1CC1. The second-order valence-electron chi connectivity index (χ2n) is 5.62. The number of unbranched alkanes of at least 4 members (excludes halogenated alkanes) is 2. The third-order valence-electron chi connectivity index (χ3n) is 3.45. The van der Waals surface area contributed by atoms with Gasteiger partial charge in [0.05, 0.1) is 6.04 Å². The normalized spacial score (nSPS) is 15.7. The van der Waals surface area contributed by atoms with Crippen molar-refractivity contribution in [1.82, 2.24) is 16.0 Å². The molecule has 116 valence electrons. The van der Waals surface area contributed by atoms with E-state index in [1.54, 1.807) is 0 Å². The summed E-state index contributed by atoms with van der Waals surface area (Å²) in [6.07, 6.45) is 6.90. The quantitative estimate of drug-likeness (QED) is 0.501. The van der Waals surface area contributed by atoms with Crippen LogP contribution in [0.15, 0.2) is 0 Å². The molecule has 1 rings (SSSR count). The molecule has 1 unspecified atom stereocenters. The largest absolute Gasteiger partial charge is 0.355 e. The second-order valence-corrected chi connectivity index (χ2v) is 5.62. The van der Waals surface area contributed by atoms with Crippen molar-refractivity contribution >= 4 is 11.8 Å². The van der Waals surface area contributed by atoms with E-state index in [-0.39, 0.29) is 17.9 Å². The minimum absolute atomic E-state index is 0.0449. The topological polar surface area (TPSA) is 70.2 Å². The number of amides is 2. The van der Waals surface area contributed by atoms with Crippen molar-refractivity contribution < 1.29 is 9.59 Å². The lowest BCUT2D eigenvalue weighted by Gasteiger charge is -2.13. The van der Waals surface area contributed by atoms with Crippen molar-refractivity contribution in [2.75, 3.05) is 13.1 Å². The fourth-order valence-corrected chi connectivity index (χ4v) is 1.93. The molecule has 1 saturated carbocycles. The first-order valence-corrected chi connectivity index (χ1v) is 7.94. The predicted octanol–water partition coefficient (Wildman–Crippen LogP) is 1.33. The van der Waals surface area contributed by atoms with Crippen molar-refractivity contribution in [3.63, 3.8) is 0 Å². The number of hydrogen-bond donors (Lipinski definition) is 3. The summed E-state index contributed by atoms with van der Waals surface area (Å²) in [5.74, 6) is 0.175. The molecule has 1 aliphatic carbocycles. The molecule has 20 heavy (non-hydrogen) atoms. The summed E-state index contributed by atoms with van der Waals surface area (Å²) in [6.45, 7) is 5.45. The highest BCUT2D eigenvalue weighted by Crippen LogP contribution is 2.18. The van der Waals surface area contributed by atoms with Crippen LogP contribution in [0.1, 0.15) is 58.8 Å². The Kier molecular flexibility index (Phi) is 8.26. The van der Waals surface area contributed by atoms with Gasteiger partial charge in [-0.1, -0.05) is 19.8 Å². The van der Waals surface area contributed by atoms with Crippen molar-refractivity contribution in [2.24, 2.45) is 0 Å². The fourth-order valence-electron chi connectivity index (χ4n) is 1.93. The van der Waals surface area contributed by atoms with Crippen molar-refractivity contribution in [2.45, 2.75) is 70.9 Å². The molecule has 0 aliphatic heterocycles. The van der Waals surface area contributed by atoms with Crippen LogP contribution in [0.4, 0.5) is 0 Å². The van der Waals surface area contributed by atoms with Gasteiger partial charge in [-0.15, -0.1) is 0 Å². The first-order valence-electron chi connectivity index (χ1n) is 7.94. The standard InChI is InChI=1S/C15H29N3O2/c1-3-4-5-10-17-15(20)12(2)16-11-6-7-14(19)18-13-8-9-13/h12-13,16H,3-11H2,1-2H3,(H,17,20)(H,18,19). The molecule has 0 bridgehead atoms. The summed E-state index contributed by atoms with van der Waals surface area (Å²) in [4.78, 5) is 23.2. The van der Waals surface area contributed by atoms with E-state index in [2.05, 4.69) is 22.9 Å². The minimum atomic E-state index is -0.192. The zero-order chi connectivity index (χ0) is 14.8. The fraction of sp³-hybridized carbons (Fsp3) is 0.867. The smallest absolute Gasteiger partial charge is 0.236 e. The average Bonchev–Trinajstić information content (AvgIpc) is 3.23. The lowest BCUT2D eigenvalue weighted by atomic mass is 10.2. The van der Waals surface area contributed by atoms with Crippen molar-refractivity contribution in [1.29, 1.82) is 0 Å². The molecule has 0 heterocycles. The number of carbonyl (C=O) groups is 2. The summed E-state index contributed by atoms with van der Waals surface area (Å²) in [5, 5.41) is 9.03. The van der Waals surface area contributed by atoms with Gasteiger partial charge < -0.3 is 16.0 Å². The Labute approximate surface area is 122 Å². The lowest BCUT2D eigenvalue weighted by Crippen LogP contribution is -2.43. The van der Waals surface area contributed by atoms with Gasteiger partial charge in [0.15, 0.2) is 0 Å². The average molecular weight is 283 g/mol. The van der Waals surface area contributed by atoms with Gasteiger partial charge in [-0.3, -0.25) is 9.59 Å². The molecular weight excluding hydrogens is 254 g/mol. The highest BCUT2D eigenvalue weighted by atomic mass is 16.2. The first kappa shape index (κ1) is 17.0. The molecule has 0 radical (unpaired) electrons. The molecule has 2 amide bonds. The Morgan fingerprint density at radius 1 is 1.15 bits per heavy atom. The Morgan fingerprint density at radius 3 is 2.55 bits per heavy atom. The lowest BCUT2D eigenvalue weighted by molar-refractivity contribution is -0.122. The van der Waals surface area contributed by atoms with E-state index >= 15 is 0 Å². The van der Waals surface area contributed by atoms with Crippen LogP contribution in [0.3, 0.4) is 0 Å². The van der Waals surface area contributed by atoms with Gasteiger partial charge in [0.25, 0.3) is 0 Å². The zero-order valence-corrected chi connectivity index (χ0v) is 12.8. The van der Waals surface area contributed by atoms with Crippen molar-refractivity contribution in [3.8, 4) is 0 Å². The maximum Gasteiger partial charge on any atom is 0.236 e. The third kappa shape index (κ3) is 8.15. The molecule has 1 atom stereocenters. The van der Waals surface area contributed by atoms with E-state index in [1.165, 1.54) is 0 Å². The van der Waals surface area contributed by atoms with Gasteiger partial charge in [-0.05, 0) is 39.2 Å². The van der Waals surface area contributed by atoms with E-state index in [0.717, 1.165) is 45.1 Å². The zero-order valence-electron chi connectivity index (χ0n) is 12.8. The minimum Gasteiger partial charge on any atom is -0.355 e. The second kappa shape index (κ2) is 9.75. The van der Waals surface area contributed by atoms with Crippen LogP contribution in [0.2, 0.25) is 0 Å². The third-order valence-corrected chi connectivity index (χ3v) is 3.45. The summed E-state index contributed by atoms with van der Waals surface area (Å²) < 4.78 is 0. The molecule has 1 aliphatic rings. The highest BCUT2D eigenvalue weighted by Gasteiger charge is 2.22. The summed E-state index contributed by atoms with van der Waals surface area (Å²) in [6, 6.07) is 0.242. The molecule has 5 heteroatoms. The van der Waals surface area contributed by atoms with Gasteiger partial charge in [-0.25, -0.2) is 0 Å². The van der Waals surface area contributed by atoms with Crippen LogP contribution in [0.25, 0.3) is 0 Å². The maximum atomic E-state index is 11.7. The predicted molar refractivity (Wildman–Crippen MR) is 80.4 cm³/mol. The van der Waals surface area contributed by atoms with E-state index in [1.807, 2.05) is 6.92 Å². The molecule has 0 aromatic carbocycles. The van der Waals surface area contributed by atoms with Gasteiger partial charge in [0.1, 0.15) is 0 Å². The molecule has 3 N–H and O–H groups in total. The van der Waals surface area contributed by atoms with Gasteiger partial charge in [0.2, 0.25) is 11.8 Å². The summed E-state index contributed by atoms with van der Waals surface area (Å²) in [7, 11) is 0. The van der Waals surface area contributed by atoms with Gasteiger partial charge in [0, 0.05) is 19.0 Å². The first-order chi connectivity index (χ1) is 9.63. The Morgan fingerprint density at radius 2 is 1.90 bits per heavy atom. The van der Waals surface area contributed by atoms with E-state index in [9.17, 15) is 9.59 Å². The number of hydrogen-bond acceptors (Lipinski definition) is 3. The monoisotopic (exact) mass is 283 g/mol. The molecule has 0 aromatic rings. The van der Waals surface area contributed by atoms with Crippen LogP contribution in [0, 0.1) is 0 Å². The molecule has 1 fully saturated rings. The number of nitrogens with one attached hydrogen (secondary N) is 3. The number of rotatable bonds is 11. The summed E-state index contributed by atoms with van der Waals surface area (Å²) >= 11 is 0. The van der Waals surface area contributed by atoms with Gasteiger partial charge in [-0.2, -0.15) is 0 Å². The van der Waals surface area contributed by atoms with E-state index in [0.29, 0.717) is 19.0 Å². The highest BCUT2D eigenvalue weighted by molar-refractivity contribution is 5.81. The van der Waals surface area contributed by atoms with Crippen LogP contribution >= 0.6 is 0 Å². The molecule has 0 saturated heterocycles. The van der Waals surface area contributed by atoms with Crippen LogP contribution < -0.4 is 16.0 Å². The van der Waals surface area contributed by atoms with E-state index < -0.39 is 0 Å². The maximum absolute atomic E-state index is 11.7. The van der Waals surface area contributed by atoms with Gasteiger partial charge >= 0.3 is 0 Å². The van der Waals surface area contributed by atoms with Crippen LogP contribution in [-0.2, 0) is 9.59 Å². The Bertz CT molecular complexity index is 303. The molecule has 0 aromatic heterocycles.